The van der Waals surface area contributed by atoms with Crippen molar-refractivity contribution in [3.63, 3.8) is 0 Å². The second-order valence-electron chi connectivity index (χ2n) is 4.32. The summed E-state index contributed by atoms with van der Waals surface area (Å²) in [7, 11) is 1.62. The van der Waals surface area contributed by atoms with Crippen LogP contribution in [0.3, 0.4) is 0 Å². The number of methoxy groups -OCH3 is 1. The molecule has 2 heterocycles. The predicted octanol–water partition coefficient (Wildman–Crippen LogP) is 2.52. The van der Waals surface area contributed by atoms with E-state index in [1.807, 2.05) is 24.3 Å². The monoisotopic (exact) mass is 275 g/mol. The van der Waals surface area contributed by atoms with Crippen molar-refractivity contribution in [1.82, 2.24) is 4.98 Å². The number of nitrogens with zero attached hydrogens (tertiary/aromatic N) is 1. The number of ether oxygens (including phenoxy) is 2. The minimum absolute atomic E-state index is 0.0471. The van der Waals surface area contributed by atoms with E-state index in [4.69, 9.17) is 9.47 Å². The standard InChI is InChI=1S/C14H13NO3S/c1-17-10-3-5-12-9(6-10)2-4-13(15-12)14(16)18-11-7-19-8-11/h2-6,11H,7-8H2,1H3. The topological polar surface area (TPSA) is 48.4 Å². The summed E-state index contributed by atoms with van der Waals surface area (Å²) in [4.78, 5) is 16.2. The zero-order valence-corrected chi connectivity index (χ0v) is 11.3. The van der Waals surface area contributed by atoms with Gasteiger partial charge in [0.2, 0.25) is 0 Å². The van der Waals surface area contributed by atoms with Crippen molar-refractivity contribution in [2.75, 3.05) is 18.6 Å². The molecule has 0 radical (unpaired) electrons. The van der Waals surface area contributed by atoms with Gasteiger partial charge < -0.3 is 9.47 Å². The average Bonchev–Trinajstić information content (AvgIpc) is 2.41. The SMILES string of the molecule is COc1ccc2nc(C(=O)OC3CSC3)ccc2c1. The fourth-order valence-electron chi connectivity index (χ4n) is 1.84. The Bertz CT molecular complexity index is 625. The Morgan fingerprint density at radius 2 is 2.16 bits per heavy atom. The number of rotatable bonds is 3. The lowest BCUT2D eigenvalue weighted by molar-refractivity contribution is 0.0368. The van der Waals surface area contributed by atoms with Gasteiger partial charge in [0, 0.05) is 16.9 Å². The molecule has 3 rings (SSSR count). The molecule has 0 unspecified atom stereocenters. The number of esters is 1. The van der Waals surface area contributed by atoms with Crippen LogP contribution in [0.5, 0.6) is 5.75 Å². The fraction of sp³-hybridized carbons (Fsp3) is 0.286. The first-order chi connectivity index (χ1) is 9.26. The maximum absolute atomic E-state index is 11.9. The van der Waals surface area contributed by atoms with Crippen LogP contribution in [-0.4, -0.2) is 35.7 Å². The molecule has 0 aliphatic carbocycles. The lowest BCUT2D eigenvalue weighted by Crippen LogP contribution is -2.31. The van der Waals surface area contributed by atoms with E-state index < -0.39 is 0 Å². The maximum atomic E-state index is 11.9. The molecule has 0 atom stereocenters. The van der Waals surface area contributed by atoms with Crippen molar-refractivity contribution in [2.24, 2.45) is 0 Å². The van der Waals surface area contributed by atoms with Crippen LogP contribution in [0.4, 0.5) is 0 Å². The molecule has 0 spiro atoms. The van der Waals surface area contributed by atoms with Crippen molar-refractivity contribution >= 4 is 28.6 Å². The van der Waals surface area contributed by atoms with Crippen LogP contribution < -0.4 is 4.74 Å². The van der Waals surface area contributed by atoms with Gasteiger partial charge in [0.25, 0.3) is 0 Å². The highest BCUT2D eigenvalue weighted by Gasteiger charge is 2.23. The van der Waals surface area contributed by atoms with Crippen molar-refractivity contribution in [1.29, 1.82) is 0 Å². The van der Waals surface area contributed by atoms with Gasteiger partial charge in [0.1, 0.15) is 17.5 Å². The molecule has 2 aromatic rings. The van der Waals surface area contributed by atoms with Gasteiger partial charge in [-0.2, -0.15) is 11.8 Å². The lowest BCUT2D eigenvalue weighted by Gasteiger charge is -2.24. The van der Waals surface area contributed by atoms with Gasteiger partial charge in [-0.3, -0.25) is 0 Å². The molecule has 0 saturated carbocycles. The number of carbonyl (C=O) groups is 1. The molecular formula is C14H13NO3S. The molecule has 1 aliphatic rings. The quantitative estimate of drug-likeness (QED) is 0.806. The Kier molecular flexibility index (Phi) is 3.29. The zero-order valence-electron chi connectivity index (χ0n) is 10.5. The van der Waals surface area contributed by atoms with E-state index in [0.717, 1.165) is 28.2 Å². The largest absolute Gasteiger partial charge is 0.497 e. The van der Waals surface area contributed by atoms with Gasteiger partial charge >= 0.3 is 5.97 Å². The van der Waals surface area contributed by atoms with Gasteiger partial charge in [0.05, 0.1) is 12.6 Å². The Morgan fingerprint density at radius 3 is 2.84 bits per heavy atom. The summed E-state index contributed by atoms with van der Waals surface area (Å²) in [6.45, 7) is 0. The van der Waals surface area contributed by atoms with Crippen LogP contribution in [0.2, 0.25) is 0 Å². The molecule has 1 aliphatic heterocycles. The minimum Gasteiger partial charge on any atom is -0.497 e. The number of hydrogen-bond acceptors (Lipinski definition) is 5. The highest BCUT2D eigenvalue weighted by atomic mass is 32.2. The Labute approximate surface area is 115 Å². The third kappa shape index (κ3) is 2.51. The molecule has 98 valence electrons. The van der Waals surface area contributed by atoms with Crippen LogP contribution >= 0.6 is 11.8 Å². The number of benzene rings is 1. The maximum Gasteiger partial charge on any atom is 0.357 e. The van der Waals surface area contributed by atoms with E-state index in [2.05, 4.69) is 4.98 Å². The van der Waals surface area contributed by atoms with E-state index in [-0.39, 0.29) is 12.1 Å². The van der Waals surface area contributed by atoms with Gasteiger partial charge in [-0.05, 0) is 24.3 Å². The van der Waals surface area contributed by atoms with E-state index in [1.165, 1.54) is 0 Å². The molecule has 4 nitrogen and oxygen atoms in total. The van der Waals surface area contributed by atoms with Crippen LogP contribution in [0.15, 0.2) is 30.3 Å². The smallest absolute Gasteiger partial charge is 0.357 e. The molecule has 5 heteroatoms. The third-order valence-electron chi connectivity index (χ3n) is 2.99. The minimum atomic E-state index is -0.344. The van der Waals surface area contributed by atoms with Crippen LogP contribution in [0.1, 0.15) is 10.5 Å². The zero-order chi connectivity index (χ0) is 13.2. The van der Waals surface area contributed by atoms with Crippen molar-refractivity contribution in [3.8, 4) is 5.75 Å². The molecule has 1 saturated heterocycles. The fourth-order valence-corrected chi connectivity index (χ4v) is 2.40. The number of aromatic nitrogens is 1. The molecule has 0 bridgehead atoms. The van der Waals surface area contributed by atoms with Crippen molar-refractivity contribution in [3.05, 3.63) is 36.0 Å². The first-order valence-electron chi connectivity index (χ1n) is 6.00. The van der Waals surface area contributed by atoms with Gasteiger partial charge in [0.15, 0.2) is 0 Å². The molecular weight excluding hydrogens is 262 g/mol. The van der Waals surface area contributed by atoms with E-state index in [9.17, 15) is 4.79 Å². The Morgan fingerprint density at radius 1 is 1.32 bits per heavy atom. The summed E-state index contributed by atoms with van der Waals surface area (Å²) in [5.74, 6) is 2.20. The Hall–Kier alpha value is -1.75. The molecule has 0 amide bonds. The van der Waals surface area contributed by atoms with Gasteiger partial charge in [-0.1, -0.05) is 6.07 Å². The van der Waals surface area contributed by atoms with E-state index in [1.54, 1.807) is 24.9 Å². The highest BCUT2D eigenvalue weighted by Crippen LogP contribution is 2.23. The molecule has 19 heavy (non-hydrogen) atoms. The molecule has 1 aromatic carbocycles. The predicted molar refractivity (Wildman–Crippen MR) is 74.8 cm³/mol. The molecule has 1 fully saturated rings. The third-order valence-corrected chi connectivity index (χ3v) is 4.20. The van der Waals surface area contributed by atoms with Crippen LogP contribution in [-0.2, 0) is 4.74 Å². The summed E-state index contributed by atoms with van der Waals surface area (Å²) < 4.78 is 10.5. The summed E-state index contributed by atoms with van der Waals surface area (Å²) in [6, 6.07) is 9.10. The van der Waals surface area contributed by atoms with Gasteiger partial charge in [-0.25, -0.2) is 9.78 Å². The average molecular weight is 275 g/mol. The molecule has 0 N–H and O–H groups in total. The normalized spacial score (nSPS) is 15.0. The number of hydrogen-bond donors (Lipinski definition) is 0. The number of carbonyl (C=O) groups excluding carboxylic acids is 1. The lowest BCUT2D eigenvalue weighted by atomic mass is 10.2. The second kappa shape index (κ2) is 5.09. The highest BCUT2D eigenvalue weighted by molar-refractivity contribution is 8.00. The number of fused-ring (bicyclic) bond motifs is 1. The first kappa shape index (κ1) is 12.3. The summed E-state index contributed by atoms with van der Waals surface area (Å²) >= 11 is 1.78. The summed E-state index contributed by atoms with van der Waals surface area (Å²) in [5, 5.41) is 0.940. The number of thioether (sulfide) groups is 1. The number of pyridine rings is 1. The van der Waals surface area contributed by atoms with Gasteiger partial charge in [-0.15, -0.1) is 0 Å². The first-order valence-corrected chi connectivity index (χ1v) is 7.15. The Balaban J connectivity index is 1.86. The summed E-state index contributed by atoms with van der Waals surface area (Å²) in [6.07, 6.45) is 0.0471. The molecule has 1 aromatic heterocycles. The van der Waals surface area contributed by atoms with Crippen molar-refractivity contribution in [2.45, 2.75) is 6.10 Å². The van der Waals surface area contributed by atoms with E-state index >= 15 is 0 Å². The van der Waals surface area contributed by atoms with Crippen LogP contribution in [0.25, 0.3) is 10.9 Å². The van der Waals surface area contributed by atoms with E-state index in [0.29, 0.717) is 5.69 Å². The van der Waals surface area contributed by atoms with Crippen LogP contribution in [0, 0.1) is 0 Å². The second-order valence-corrected chi connectivity index (χ2v) is 5.39. The van der Waals surface area contributed by atoms with Crippen molar-refractivity contribution < 1.29 is 14.3 Å². The summed E-state index contributed by atoms with van der Waals surface area (Å²) in [5.41, 5.74) is 1.12.